The maximum absolute atomic E-state index is 12.9. The molecule has 1 aromatic heterocycles. The number of nitrogens with zero attached hydrogens (tertiary/aromatic N) is 1. The standard InChI is InChI=1S/C28H32ClN3O5S2/c1-18-26(20-14-15-22(29)23(17-20)39(2,35)36)38-28(31-18)32-24(33)13-8-16-30-25(19-9-4-3-5-10-19)27(34)37-21-11-6-7-12-21/h3-5,9-10,14-15,17,21,25,30H,6-8,11-13,16H2,1-2H3,(H,31,32,33). The van der Waals surface area contributed by atoms with Gasteiger partial charge < -0.3 is 15.4 Å². The molecule has 0 bridgehead atoms. The van der Waals surface area contributed by atoms with E-state index in [1.54, 1.807) is 19.1 Å². The lowest BCUT2D eigenvalue weighted by atomic mass is 10.1. The third kappa shape index (κ3) is 7.88. The Morgan fingerprint density at radius 3 is 2.56 bits per heavy atom. The summed E-state index contributed by atoms with van der Waals surface area (Å²) in [6.45, 7) is 2.25. The highest BCUT2D eigenvalue weighted by Gasteiger charge is 2.26. The van der Waals surface area contributed by atoms with E-state index in [4.69, 9.17) is 16.3 Å². The summed E-state index contributed by atoms with van der Waals surface area (Å²) >= 11 is 7.34. The molecule has 11 heteroatoms. The third-order valence-corrected chi connectivity index (χ3v) is 9.22. The van der Waals surface area contributed by atoms with Gasteiger partial charge in [-0.25, -0.2) is 18.2 Å². The first kappa shape index (κ1) is 29.2. The Hall–Kier alpha value is -2.79. The van der Waals surface area contributed by atoms with E-state index in [1.165, 1.54) is 17.4 Å². The van der Waals surface area contributed by atoms with Gasteiger partial charge in [-0.15, -0.1) is 0 Å². The van der Waals surface area contributed by atoms with Gasteiger partial charge in [0.1, 0.15) is 12.1 Å². The van der Waals surface area contributed by atoms with Crippen molar-refractivity contribution in [3.05, 3.63) is 64.8 Å². The molecule has 1 saturated carbocycles. The van der Waals surface area contributed by atoms with Crippen LogP contribution in [0.4, 0.5) is 5.13 Å². The van der Waals surface area contributed by atoms with Crippen molar-refractivity contribution in [2.75, 3.05) is 18.1 Å². The quantitative estimate of drug-likeness (QED) is 0.217. The van der Waals surface area contributed by atoms with Crippen LogP contribution in [0.2, 0.25) is 5.02 Å². The molecule has 0 radical (unpaired) electrons. The van der Waals surface area contributed by atoms with Crippen molar-refractivity contribution in [3.63, 3.8) is 0 Å². The minimum absolute atomic E-state index is 0.0197. The number of nitrogens with one attached hydrogen (secondary N) is 2. The maximum atomic E-state index is 12.9. The van der Waals surface area contributed by atoms with Crippen molar-refractivity contribution in [1.29, 1.82) is 0 Å². The van der Waals surface area contributed by atoms with E-state index in [0.717, 1.165) is 42.4 Å². The van der Waals surface area contributed by atoms with Crippen LogP contribution >= 0.6 is 22.9 Å². The molecule has 2 N–H and O–H groups in total. The number of carbonyl (C=O) groups excluding carboxylic acids is 2. The second-order valence-corrected chi connectivity index (χ2v) is 13.0. The Bertz CT molecular complexity index is 1420. The van der Waals surface area contributed by atoms with Crippen LogP contribution < -0.4 is 10.6 Å². The molecular weight excluding hydrogens is 558 g/mol. The van der Waals surface area contributed by atoms with Gasteiger partial charge in [0.2, 0.25) is 5.91 Å². The van der Waals surface area contributed by atoms with Crippen molar-refractivity contribution in [1.82, 2.24) is 10.3 Å². The van der Waals surface area contributed by atoms with Crippen LogP contribution in [-0.4, -0.2) is 44.2 Å². The van der Waals surface area contributed by atoms with Crippen LogP contribution in [0.1, 0.15) is 55.8 Å². The first-order valence-corrected chi connectivity index (χ1v) is 16.0. The summed E-state index contributed by atoms with van der Waals surface area (Å²) < 4.78 is 29.8. The number of esters is 1. The van der Waals surface area contributed by atoms with Crippen LogP contribution in [-0.2, 0) is 24.2 Å². The molecule has 0 saturated heterocycles. The van der Waals surface area contributed by atoms with E-state index in [-0.39, 0.29) is 34.3 Å². The average Bonchev–Trinajstić information content (AvgIpc) is 3.53. The summed E-state index contributed by atoms with van der Waals surface area (Å²) in [6.07, 6.45) is 5.81. The van der Waals surface area contributed by atoms with Gasteiger partial charge in [-0.2, -0.15) is 0 Å². The van der Waals surface area contributed by atoms with Gasteiger partial charge >= 0.3 is 5.97 Å². The normalized spacial score (nSPS) is 14.7. The zero-order valence-electron chi connectivity index (χ0n) is 21.9. The molecule has 0 spiro atoms. The smallest absolute Gasteiger partial charge is 0.328 e. The number of benzene rings is 2. The topological polar surface area (TPSA) is 114 Å². The first-order valence-electron chi connectivity index (χ1n) is 12.9. The largest absolute Gasteiger partial charge is 0.461 e. The fourth-order valence-corrected chi connectivity index (χ4v) is 6.83. The van der Waals surface area contributed by atoms with Gasteiger partial charge in [-0.1, -0.05) is 59.3 Å². The number of sulfone groups is 1. The van der Waals surface area contributed by atoms with Crippen molar-refractivity contribution < 1.29 is 22.7 Å². The number of hydrogen-bond acceptors (Lipinski definition) is 8. The molecule has 1 heterocycles. The molecule has 2 aromatic carbocycles. The van der Waals surface area contributed by atoms with Gasteiger partial charge in [0.05, 0.1) is 20.5 Å². The van der Waals surface area contributed by atoms with Crippen LogP contribution in [0.15, 0.2) is 53.4 Å². The first-order chi connectivity index (χ1) is 18.6. The molecule has 1 aliphatic carbocycles. The highest BCUT2D eigenvalue weighted by molar-refractivity contribution is 7.90. The van der Waals surface area contributed by atoms with E-state index in [2.05, 4.69) is 15.6 Å². The fraction of sp³-hybridized carbons (Fsp3) is 0.393. The molecule has 3 aromatic rings. The summed E-state index contributed by atoms with van der Waals surface area (Å²) in [5, 5.41) is 6.67. The average molecular weight is 590 g/mol. The SMILES string of the molecule is Cc1nc(NC(=O)CCCNC(C(=O)OC2CCCC2)c2ccccc2)sc1-c1ccc(Cl)c(S(C)(=O)=O)c1. The fourth-order valence-electron chi connectivity index (χ4n) is 4.54. The molecule has 208 valence electrons. The number of carbonyl (C=O) groups is 2. The highest BCUT2D eigenvalue weighted by atomic mass is 35.5. The number of aryl methyl sites for hydroxylation is 1. The molecule has 1 atom stereocenters. The van der Waals surface area contributed by atoms with Gasteiger partial charge in [0, 0.05) is 12.7 Å². The van der Waals surface area contributed by atoms with Gasteiger partial charge in [-0.3, -0.25) is 4.79 Å². The van der Waals surface area contributed by atoms with E-state index >= 15 is 0 Å². The minimum Gasteiger partial charge on any atom is -0.461 e. The Balaban J connectivity index is 1.32. The summed E-state index contributed by atoms with van der Waals surface area (Å²) in [5.74, 6) is -0.487. The molecule has 8 nitrogen and oxygen atoms in total. The van der Waals surface area contributed by atoms with Crippen molar-refractivity contribution >= 4 is 49.8 Å². The summed E-state index contributed by atoms with van der Waals surface area (Å²) in [5.41, 5.74) is 2.16. The molecule has 4 rings (SSSR count). The number of rotatable bonds is 11. The predicted molar refractivity (Wildman–Crippen MR) is 154 cm³/mol. The third-order valence-electron chi connectivity index (χ3n) is 6.52. The Labute approximate surface area is 238 Å². The van der Waals surface area contributed by atoms with E-state index in [9.17, 15) is 18.0 Å². The van der Waals surface area contributed by atoms with Crippen molar-refractivity contribution in [2.24, 2.45) is 0 Å². The number of ether oxygens (including phenoxy) is 1. The Morgan fingerprint density at radius 2 is 1.87 bits per heavy atom. The number of aromatic nitrogens is 1. The molecule has 39 heavy (non-hydrogen) atoms. The van der Waals surface area contributed by atoms with Gasteiger partial charge in [-0.05, 0) is 68.8 Å². The van der Waals surface area contributed by atoms with Crippen LogP contribution in [0.5, 0.6) is 0 Å². The van der Waals surface area contributed by atoms with Gasteiger partial charge in [0.25, 0.3) is 0 Å². The lowest BCUT2D eigenvalue weighted by molar-refractivity contribution is -0.151. The molecular formula is C28H32ClN3O5S2. The molecule has 1 amide bonds. The minimum atomic E-state index is -3.49. The second kappa shape index (κ2) is 13.0. The molecule has 1 aliphatic rings. The van der Waals surface area contributed by atoms with Crippen LogP contribution in [0.25, 0.3) is 10.4 Å². The second-order valence-electron chi connectivity index (χ2n) is 9.64. The lowest BCUT2D eigenvalue weighted by Gasteiger charge is -2.20. The zero-order chi connectivity index (χ0) is 28.0. The number of halogens is 1. The highest BCUT2D eigenvalue weighted by Crippen LogP contribution is 2.35. The molecule has 1 fully saturated rings. The van der Waals surface area contributed by atoms with Gasteiger partial charge in [0.15, 0.2) is 15.0 Å². The maximum Gasteiger partial charge on any atom is 0.328 e. The van der Waals surface area contributed by atoms with E-state index < -0.39 is 15.9 Å². The van der Waals surface area contributed by atoms with Crippen molar-refractivity contribution in [2.45, 2.75) is 62.5 Å². The Morgan fingerprint density at radius 1 is 1.15 bits per heavy atom. The lowest BCUT2D eigenvalue weighted by Crippen LogP contribution is -2.33. The molecule has 0 aliphatic heterocycles. The Kier molecular flexibility index (Phi) is 9.76. The van der Waals surface area contributed by atoms with Crippen LogP contribution in [0.3, 0.4) is 0 Å². The number of anilines is 1. The summed E-state index contributed by atoms with van der Waals surface area (Å²) in [6, 6.07) is 13.7. The number of amides is 1. The number of hydrogen-bond donors (Lipinski definition) is 2. The zero-order valence-corrected chi connectivity index (χ0v) is 24.3. The monoisotopic (exact) mass is 589 g/mol. The van der Waals surface area contributed by atoms with Crippen molar-refractivity contribution in [3.8, 4) is 10.4 Å². The molecule has 1 unspecified atom stereocenters. The van der Waals surface area contributed by atoms with E-state index in [0.29, 0.717) is 29.4 Å². The van der Waals surface area contributed by atoms with Crippen LogP contribution in [0, 0.1) is 6.92 Å². The summed E-state index contributed by atoms with van der Waals surface area (Å²) in [7, 11) is -3.49. The van der Waals surface area contributed by atoms with E-state index in [1.807, 2.05) is 30.3 Å². The summed E-state index contributed by atoms with van der Waals surface area (Å²) in [4.78, 5) is 30.8. The predicted octanol–water partition coefficient (Wildman–Crippen LogP) is 5.71. The number of thiazole rings is 1.